The van der Waals surface area contributed by atoms with Crippen molar-refractivity contribution in [3.63, 3.8) is 0 Å². The first-order valence-corrected chi connectivity index (χ1v) is 7.72. The van der Waals surface area contributed by atoms with Crippen molar-refractivity contribution in [3.05, 3.63) is 57.6 Å². The highest BCUT2D eigenvalue weighted by atomic mass is 16.5. The molecule has 0 spiro atoms. The molecule has 0 aliphatic heterocycles. The van der Waals surface area contributed by atoms with Gasteiger partial charge in [-0.3, -0.25) is 9.59 Å². The Morgan fingerprint density at radius 2 is 2.04 bits per heavy atom. The molecule has 0 radical (unpaired) electrons. The van der Waals surface area contributed by atoms with E-state index in [1.165, 1.54) is 7.11 Å². The van der Waals surface area contributed by atoms with E-state index in [1.807, 2.05) is 32.0 Å². The molecule has 0 saturated carbocycles. The summed E-state index contributed by atoms with van der Waals surface area (Å²) < 4.78 is 15.7. The third kappa shape index (κ3) is 4.38. The van der Waals surface area contributed by atoms with E-state index in [4.69, 9.17) is 13.9 Å². The first-order chi connectivity index (χ1) is 11.5. The van der Waals surface area contributed by atoms with E-state index in [0.29, 0.717) is 6.61 Å². The van der Waals surface area contributed by atoms with Crippen LogP contribution in [0.25, 0.3) is 0 Å². The molecule has 1 heterocycles. The molecule has 128 valence electrons. The second-order valence-corrected chi connectivity index (χ2v) is 5.32. The van der Waals surface area contributed by atoms with Crippen LogP contribution >= 0.6 is 0 Å². The van der Waals surface area contributed by atoms with Crippen molar-refractivity contribution in [1.29, 1.82) is 0 Å². The Morgan fingerprint density at radius 3 is 2.71 bits per heavy atom. The Labute approximate surface area is 140 Å². The highest BCUT2D eigenvalue weighted by Crippen LogP contribution is 2.20. The molecule has 1 aromatic carbocycles. The first kappa shape index (κ1) is 17.6. The van der Waals surface area contributed by atoms with Gasteiger partial charge < -0.3 is 19.2 Å². The quantitative estimate of drug-likeness (QED) is 0.844. The topological polar surface area (TPSA) is 77.8 Å². The summed E-state index contributed by atoms with van der Waals surface area (Å²) in [5.74, 6) is 0.259. The number of carbonyl (C=O) groups is 1. The maximum Gasteiger partial charge on any atom is 0.287 e. The predicted octanol–water partition coefficient (Wildman–Crippen LogP) is 2.68. The minimum atomic E-state index is -0.475. The van der Waals surface area contributed by atoms with Crippen molar-refractivity contribution in [2.45, 2.75) is 26.8 Å². The van der Waals surface area contributed by atoms with Crippen LogP contribution in [-0.2, 0) is 6.54 Å². The molecule has 0 unspecified atom stereocenters. The van der Waals surface area contributed by atoms with Crippen molar-refractivity contribution in [1.82, 2.24) is 5.32 Å². The van der Waals surface area contributed by atoms with Crippen LogP contribution < -0.4 is 20.2 Å². The van der Waals surface area contributed by atoms with Crippen LogP contribution in [0.5, 0.6) is 11.5 Å². The lowest BCUT2D eigenvalue weighted by Crippen LogP contribution is -2.24. The molecular formula is C18H21NO5. The SMILES string of the molecule is CCCOc1cc(C)ccc1CNC(=O)c1cc(=O)c(OC)co1. The van der Waals surface area contributed by atoms with Gasteiger partial charge in [-0.15, -0.1) is 0 Å². The second kappa shape index (κ2) is 8.19. The standard InChI is InChI=1S/C18H21NO5/c1-4-7-23-15-8-12(2)5-6-13(15)10-19-18(21)16-9-14(20)17(22-3)11-24-16/h5-6,8-9,11H,4,7,10H2,1-3H3,(H,19,21). The van der Waals surface area contributed by atoms with Crippen molar-refractivity contribution in [2.75, 3.05) is 13.7 Å². The number of aryl methyl sites for hydroxylation is 1. The zero-order chi connectivity index (χ0) is 17.5. The van der Waals surface area contributed by atoms with Gasteiger partial charge in [0.15, 0.2) is 5.76 Å². The van der Waals surface area contributed by atoms with E-state index in [9.17, 15) is 9.59 Å². The Balaban J connectivity index is 2.08. The van der Waals surface area contributed by atoms with Gasteiger partial charge in [0, 0.05) is 18.2 Å². The van der Waals surface area contributed by atoms with Crippen LogP contribution in [-0.4, -0.2) is 19.6 Å². The van der Waals surface area contributed by atoms with Gasteiger partial charge in [-0.1, -0.05) is 19.1 Å². The molecule has 0 aliphatic carbocycles. The molecule has 2 aromatic rings. The van der Waals surface area contributed by atoms with Gasteiger partial charge in [-0.2, -0.15) is 0 Å². The summed E-state index contributed by atoms with van der Waals surface area (Å²) in [7, 11) is 1.36. The molecule has 1 aromatic heterocycles. The van der Waals surface area contributed by atoms with Crippen LogP contribution in [0.15, 0.2) is 39.7 Å². The van der Waals surface area contributed by atoms with E-state index in [0.717, 1.165) is 35.6 Å². The number of hydrogen-bond acceptors (Lipinski definition) is 5. The molecule has 0 bridgehead atoms. The van der Waals surface area contributed by atoms with Gasteiger partial charge in [-0.05, 0) is 25.0 Å². The van der Waals surface area contributed by atoms with Crippen LogP contribution in [0, 0.1) is 6.92 Å². The van der Waals surface area contributed by atoms with Crippen molar-refractivity contribution in [2.24, 2.45) is 0 Å². The minimum Gasteiger partial charge on any atom is -0.493 e. The van der Waals surface area contributed by atoms with Crippen LogP contribution in [0.1, 0.15) is 35.0 Å². The van der Waals surface area contributed by atoms with Gasteiger partial charge in [0.25, 0.3) is 5.91 Å². The molecule has 0 saturated heterocycles. The molecule has 6 heteroatoms. The fraction of sp³-hybridized carbons (Fsp3) is 0.333. The van der Waals surface area contributed by atoms with Gasteiger partial charge in [0.2, 0.25) is 11.2 Å². The van der Waals surface area contributed by atoms with Gasteiger partial charge >= 0.3 is 0 Å². The Morgan fingerprint density at radius 1 is 1.25 bits per heavy atom. The Hall–Kier alpha value is -2.76. The fourth-order valence-corrected chi connectivity index (χ4v) is 2.08. The maximum absolute atomic E-state index is 12.1. The van der Waals surface area contributed by atoms with Gasteiger partial charge in [0.05, 0.1) is 13.7 Å². The summed E-state index contributed by atoms with van der Waals surface area (Å²) in [6.45, 7) is 4.89. The van der Waals surface area contributed by atoms with E-state index in [2.05, 4.69) is 5.32 Å². The number of carbonyl (C=O) groups excluding carboxylic acids is 1. The maximum atomic E-state index is 12.1. The largest absolute Gasteiger partial charge is 0.493 e. The highest BCUT2D eigenvalue weighted by Gasteiger charge is 2.13. The van der Waals surface area contributed by atoms with Crippen molar-refractivity contribution < 1.29 is 18.7 Å². The van der Waals surface area contributed by atoms with Crippen molar-refractivity contribution >= 4 is 5.91 Å². The van der Waals surface area contributed by atoms with E-state index in [1.54, 1.807) is 0 Å². The molecule has 2 rings (SSSR count). The number of ether oxygens (including phenoxy) is 2. The average Bonchev–Trinajstić information content (AvgIpc) is 2.58. The number of amides is 1. The first-order valence-electron chi connectivity index (χ1n) is 7.72. The molecule has 0 aliphatic rings. The van der Waals surface area contributed by atoms with Gasteiger partial charge in [-0.25, -0.2) is 0 Å². The molecule has 1 N–H and O–H groups in total. The third-order valence-corrected chi connectivity index (χ3v) is 3.37. The molecule has 0 atom stereocenters. The lowest BCUT2D eigenvalue weighted by Gasteiger charge is -2.12. The monoisotopic (exact) mass is 331 g/mol. The van der Waals surface area contributed by atoms with Crippen LogP contribution in [0.4, 0.5) is 0 Å². The third-order valence-electron chi connectivity index (χ3n) is 3.37. The van der Waals surface area contributed by atoms with Crippen molar-refractivity contribution in [3.8, 4) is 11.5 Å². The summed E-state index contributed by atoms with van der Waals surface area (Å²) in [5, 5.41) is 2.72. The summed E-state index contributed by atoms with van der Waals surface area (Å²) in [5.41, 5.74) is 1.53. The zero-order valence-corrected chi connectivity index (χ0v) is 14.0. The number of hydrogen-bond donors (Lipinski definition) is 1. The van der Waals surface area contributed by atoms with Crippen LogP contribution in [0.3, 0.4) is 0 Å². The minimum absolute atomic E-state index is 0.0559. The molecular weight excluding hydrogens is 310 g/mol. The average molecular weight is 331 g/mol. The fourth-order valence-electron chi connectivity index (χ4n) is 2.08. The van der Waals surface area contributed by atoms with E-state index in [-0.39, 0.29) is 18.1 Å². The molecule has 1 amide bonds. The summed E-state index contributed by atoms with van der Waals surface area (Å²) in [6.07, 6.45) is 2.02. The molecule has 6 nitrogen and oxygen atoms in total. The summed E-state index contributed by atoms with van der Waals surface area (Å²) in [6, 6.07) is 6.90. The molecule has 24 heavy (non-hydrogen) atoms. The highest BCUT2D eigenvalue weighted by molar-refractivity contribution is 5.91. The second-order valence-electron chi connectivity index (χ2n) is 5.32. The molecule has 0 fully saturated rings. The van der Waals surface area contributed by atoms with Crippen LogP contribution in [0.2, 0.25) is 0 Å². The number of methoxy groups -OCH3 is 1. The number of benzene rings is 1. The smallest absolute Gasteiger partial charge is 0.287 e. The summed E-state index contributed by atoms with van der Waals surface area (Å²) in [4.78, 5) is 23.8. The normalized spacial score (nSPS) is 10.3. The van der Waals surface area contributed by atoms with Gasteiger partial charge in [0.1, 0.15) is 12.0 Å². The number of rotatable bonds is 7. The Kier molecular flexibility index (Phi) is 6.01. The lowest BCUT2D eigenvalue weighted by molar-refractivity contribution is 0.0919. The zero-order valence-electron chi connectivity index (χ0n) is 14.0. The Bertz CT molecular complexity index is 766. The number of nitrogens with one attached hydrogen (secondary N) is 1. The predicted molar refractivity (Wildman–Crippen MR) is 89.7 cm³/mol. The van der Waals surface area contributed by atoms with E-state index >= 15 is 0 Å². The lowest BCUT2D eigenvalue weighted by atomic mass is 10.1. The summed E-state index contributed by atoms with van der Waals surface area (Å²) >= 11 is 0. The van der Waals surface area contributed by atoms with E-state index < -0.39 is 11.3 Å².